The van der Waals surface area contributed by atoms with Crippen molar-refractivity contribution in [2.24, 2.45) is 12.1 Å². The molecule has 1 heterocycles. The van der Waals surface area contributed by atoms with Crippen LogP contribution in [-0.2, 0) is 21.9 Å². The van der Waals surface area contributed by atoms with Gasteiger partial charge in [0, 0.05) is 12.6 Å². The minimum Gasteiger partial charge on any atom is -0.493 e. The molecule has 214 valence electrons. The Kier molecular flexibility index (Phi) is 8.62. The summed E-state index contributed by atoms with van der Waals surface area (Å²) in [5.74, 6) is 0.285. The highest BCUT2D eigenvalue weighted by Gasteiger charge is 2.33. The van der Waals surface area contributed by atoms with Crippen LogP contribution < -0.4 is 24.8 Å². The molecule has 11 nitrogen and oxygen atoms in total. The van der Waals surface area contributed by atoms with Gasteiger partial charge in [0.2, 0.25) is 0 Å². The number of benzene rings is 3. The van der Waals surface area contributed by atoms with Gasteiger partial charge >= 0.3 is 0 Å². The quantitative estimate of drug-likeness (QED) is 0.228. The first-order valence-corrected chi connectivity index (χ1v) is 14.0. The lowest BCUT2D eigenvalue weighted by Gasteiger charge is -2.22. The fraction of sp³-hybridized carbons (Fsp3) is 0.207. The number of rotatable bonds is 10. The van der Waals surface area contributed by atoms with Crippen LogP contribution >= 0.6 is 0 Å². The third-order valence-corrected chi connectivity index (χ3v) is 8.30. The van der Waals surface area contributed by atoms with Crippen LogP contribution in [0.1, 0.15) is 18.2 Å². The summed E-state index contributed by atoms with van der Waals surface area (Å²) in [7, 11) is 0.364. The fourth-order valence-corrected chi connectivity index (χ4v) is 5.78. The van der Waals surface area contributed by atoms with Crippen molar-refractivity contribution in [2.45, 2.75) is 18.7 Å². The minimum absolute atomic E-state index is 0.0632. The Balaban J connectivity index is 1.72. The number of sulfonamides is 1. The van der Waals surface area contributed by atoms with Crippen LogP contribution in [0.2, 0.25) is 0 Å². The molecule has 0 radical (unpaired) electrons. The molecule has 0 aliphatic rings. The van der Waals surface area contributed by atoms with Gasteiger partial charge in [-0.1, -0.05) is 36.4 Å². The topological polar surface area (TPSA) is 124 Å². The Bertz CT molecular complexity index is 1750. The first-order chi connectivity index (χ1) is 19.6. The molecule has 0 saturated carbocycles. The largest absolute Gasteiger partial charge is 0.493 e. The van der Waals surface area contributed by atoms with Gasteiger partial charge in [0.1, 0.15) is 12.2 Å². The zero-order chi connectivity index (χ0) is 29.7. The Morgan fingerprint density at radius 1 is 0.951 bits per heavy atom. The third-order valence-electron chi connectivity index (χ3n) is 6.54. The smallest absolute Gasteiger partial charge is 0.296 e. The molecule has 1 N–H and O–H groups in total. The lowest BCUT2D eigenvalue weighted by Crippen LogP contribution is -2.42. The van der Waals surface area contributed by atoms with Crippen LogP contribution in [0, 0.1) is 6.92 Å². The summed E-state index contributed by atoms with van der Waals surface area (Å²) in [4.78, 5) is 26.8. The molecule has 1 amide bonds. The molecule has 0 spiro atoms. The van der Waals surface area contributed by atoms with E-state index in [2.05, 4.69) is 10.5 Å². The van der Waals surface area contributed by atoms with Crippen molar-refractivity contribution in [3.8, 4) is 17.2 Å². The second-order valence-corrected chi connectivity index (χ2v) is 10.9. The van der Waals surface area contributed by atoms with Crippen molar-refractivity contribution < 1.29 is 22.7 Å². The van der Waals surface area contributed by atoms with Crippen LogP contribution in [0.5, 0.6) is 11.5 Å². The minimum atomic E-state index is -4.32. The predicted molar refractivity (Wildman–Crippen MR) is 157 cm³/mol. The molecule has 4 aromatic rings. The molecule has 0 saturated heterocycles. The van der Waals surface area contributed by atoms with E-state index in [-0.39, 0.29) is 10.6 Å². The standard InChI is InChI=1S/C29H31N5O6S/c1-20(22-16-17-25(39-4)26(18-22)40-5)30-31-27(35)19-33(41(37,38)24-14-10-7-11-15-24)28-21(2)32(3)34(29(28)36)23-12-8-6-9-13-23/h6-18H,19H2,1-5H3,(H,31,35)/b30-20-. The maximum Gasteiger partial charge on any atom is 0.296 e. The van der Waals surface area contributed by atoms with E-state index < -0.39 is 28.0 Å². The SMILES string of the molecule is COc1ccc(/C(C)=N\NC(=O)CN(c2c(C)n(C)n(-c3ccccc3)c2=O)S(=O)(=O)c2ccccc2)cc1OC. The van der Waals surface area contributed by atoms with Crippen LogP contribution in [-0.4, -0.2) is 50.2 Å². The van der Waals surface area contributed by atoms with Crippen molar-refractivity contribution in [3.05, 3.63) is 100 Å². The van der Waals surface area contributed by atoms with Crippen molar-refractivity contribution in [3.63, 3.8) is 0 Å². The maximum atomic E-state index is 13.8. The number of methoxy groups -OCH3 is 2. The average Bonchev–Trinajstić information content (AvgIpc) is 3.21. The Morgan fingerprint density at radius 2 is 1.56 bits per heavy atom. The highest BCUT2D eigenvalue weighted by atomic mass is 32.2. The zero-order valence-electron chi connectivity index (χ0n) is 23.4. The molecule has 0 aliphatic heterocycles. The normalized spacial score (nSPS) is 11.7. The van der Waals surface area contributed by atoms with Gasteiger partial charge in [0.15, 0.2) is 11.5 Å². The molecule has 4 rings (SSSR count). The monoisotopic (exact) mass is 577 g/mol. The van der Waals surface area contributed by atoms with E-state index in [1.807, 2.05) is 6.07 Å². The molecule has 41 heavy (non-hydrogen) atoms. The number of carbonyl (C=O) groups excluding carboxylic acids is 1. The zero-order valence-corrected chi connectivity index (χ0v) is 24.2. The van der Waals surface area contributed by atoms with Gasteiger partial charge in [0.25, 0.3) is 21.5 Å². The van der Waals surface area contributed by atoms with Gasteiger partial charge in [0.05, 0.1) is 36.2 Å². The summed E-state index contributed by atoms with van der Waals surface area (Å²) in [6, 6.07) is 21.6. The van der Waals surface area contributed by atoms with Crippen molar-refractivity contribution >= 4 is 27.3 Å². The molecular weight excluding hydrogens is 546 g/mol. The van der Waals surface area contributed by atoms with Gasteiger partial charge in [-0.3, -0.25) is 14.3 Å². The van der Waals surface area contributed by atoms with Crippen LogP contribution in [0.15, 0.2) is 93.7 Å². The summed E-state index contributed by atoms with van der Waals surface area (Å²) in [6.45, 7) is 2.62. The van der Waals surface area contributed by atoms with Crippen molar-refractivity contribution in [1.29, 1.82) is 0 Å². The predicted octanol–water partition coefficient (Wildman–Crippen LogP) is 3.24. The summed E-state index contributed by atoms with van der Waals surface area (Å²) < 4.78 is 42.0. The van der Waals surface area contributed by atoms with E-state index >= 15 is 0 Å². The lowest BCUT2D eigenvalue weighted by molar-refractivity contribution is -0.119. The van der Waals surface area contributed by atoms with Gasteiger partial charge < -0.3 is 9.47 Å². The number of hydrogen-bond donors (Lipinski definition) is 1. The third kappa shape index (κ3) is 5.87. The summed E-state index contributed by atoms with van der Waals surface area (Å²) in [5, 5.41) is 4.15. The number of nitrogens with one attached hydrogen (secondary N) is 1. The van der Waals surface area contributed by atoms with Crippen molar-refractivity contribution in [1.82, 2.24) is 14.8 Å². The maximum absolute atomic E-state index is 13.8. The van der Waals surface area contributed by atoms with E-state index in [0.29, 0.717) is 34.2 Å². The number of anilines is 1. The van der Waals surface area contributed by atoms with Crippen LogP contribution in [0.4, 0.5) is 5.69 Å². The van der Waals surface area contributed by atoms with E-state index in [1.165, 1.54) is 31.0 Å². The molecule has 0 unspecified atom stereocenters. The number of hydrazone groups is 1. The number of carbonyl (C=O) groups is 1. The lowest BCUT2D eigenvalue weighted by atomic mass is 10.1. The summed E-state index contributed by atoms with van der Waals surface area (Å²) in [6.07, 6.45) is 0. The van der Waals surface area contributed by atoms with E-state index in [1.54, 1.807) is 86.2 Å². The number of hydrogen-bond acceptors (Lipinski definition) is 7. The highest BCUT2D eigenvalue weighted by Crippen LogP contribution is 2.28. The summed E-state index contributed by atoms with van der Waals surface area (Å²) in [5.41, 5.74) is 3.69. The Hall–Kier alpha value is -4.84. The number of nitrogens with zero attached hydrogens (tertiary/aromatic N) is 4. The molecule has 12 heteroatoms. The molecule has 0 fully saturated rings. The highest BCUT2D eigenvalue weighted by molar-refractivity contribution is 7.92. The van der Waals surface area contributed by atoms with Gasteiger partial charge in [-0.05, 0) is 56.3 Å². The second kappa shape index (κ2) is 12.1. The number of ether oxygens (including phenoxy) is 2. The summed E-state index contributed by atoms with van der Waals surface area (Å²) >= 11 is 0. The Morgan fingerprint density at radius 3 is 2.17 bits per heavy atom. The van der Waals surface area contributed by atoms with Gasteiger partial charge in [-0.2, -0.15) is 5.10 Å². The first kappa shape index (κ1) is 29.2. The molecule has 1 aromatic heterocycles. The molecule has 0 atom stereocenters. The first-order valence-electron chi connectivity index (χ1n) is 12.6. The fourth-order valence-electron chi connectivity index (χ4n) is 4.28. The molecular formula is C29H31N5O6S. The Labute approximate surface area is 238 Å². The van der Waals surface area contributed by atoms with Crippen LogP contribution in [0.25, 0.3) is 5.69 Å². The van der Waals surface area contributed by atoms with E-state index in [9.17, 15) is 18.0 Å². The number of amides is 1. The molecule has 0 aliphatic carbocycles. The van der Waals surface area contributed by atoms with Crippen molar-refractivity contribution in [2.75, 3.05) is 25.1 Å². The van der Waals surface area contributed by atoms with E-state index in [4.69, 9.17) is 9.47 Å². The molecule has 0 bridgehead atoms. The van der Waals surface area contributed by atoms with Gasteiger partial charge in [-0.15, -0.1) is 0 Å². The second-order valence-electron chi connectivity index (χ2n) is 9.04. The van der Waals surface area contributed by atoms with Crippen LogP contribution in [0.3, 0.4) is 0 Å². The molecule has 3 aromatic carbocycles. The van der Waals surface area contributed by atoms with Gasteiger partial charge in [-0.25, -0.2) is 22.8 Å². The number of aromatic nitrogens is 2. The number of para-hydroxylation sites is 1. The van der Waals surface area contributed by atoms with E-state index in [0.717, 1.165) is 4.31 Å². The average molecular weight is 578 g/mol.